The van der Waals surface area contributed by atoms with Gasteiger partial charge in [0.25, 0.3) is 0 Å². The Morgan fingerprint density at radius 2 is 0.821 bits per heavy atom. The van der Waals surface area contributed by atoms with Gasteiger partial charge in [0.2, 0.25) is 0 Å². The summed E-state index contributed by atoms with van der Waals surface area (Å²) in [6.45, 7) is 14.5. The van der Waals surface area contributed by atoms with Crippen LogP contribution in [0.25, 0.3) is 43.8 Å². The van der Waals surface area contributed by atoms with Crippen molar-refractivity contribution >= 4 is 53.2 Å². The van der Waals surface area contributed by atoms with Crippen LogP contribution in [-0.2, 0) is 36.2 Å². The van der Waals surface area contributed by atoms with Gasteiger partial charge in [-0.05, 0) is 175 Å². The molecule has 8 saturated carbocycles. The van der Waals surface area contributed by atoms with Crippen molar-refractivity contribution in [2.75, 3.05) is 0 Å². The first-order valence-electron chi connectivity index (χ1n) is 24.5. The molecule has 0 aliphatic heterocycles. The zero-order chi connectivity index (χ0) is 44.9. The summed E-state index contributed by atoms with van der Waals surface area (Å²) in [5.41, 5.74) is 14.1. The summed E-state index contributed by atoms with van der Waals surface area (Å²) < 4.78 is 32.2. The maximum atomic E-state index is 10.7. The SMILES string of the molecule is Cc1cc(C)cc(-c2cccc3[cH-]c(CC4C5CC6CC(C5)CC4C6)cc23)c1.Cc1cc(C)cc(-c2cccc3[cH-]c(CC4C5CC6CC(C5)CC4C6)cc23)c1.Cl.Cl.[CH2-]CC(F)(F)F.[CH3-].[Si]=[Zr]. The van der Waals surface area contributed by atoms with E-state index in [9.17, 15) is 13.2 Å². The molecule has 0 N–H and O–H groups in total. The van der Waals surface area contributed by atoms with Crippen LogP contribution < -0.4 is 0 Å². The molecule has 6 aromatic rings. The van der Waals surface area contributed by atoms with E-state index >= 15 is 0 Å². The Morgan fingerprint density at radius 1 is 0.522 bits per heavy atom. The van der Waals surface area contributed by atoms with Crippen LogP contribution in [0.4, 0.5) is 13.2 Å². The van der Waals surface area contributed by atoms with Crippen LogP contribution in [0.5, 0.6) is 0 Å². The Kier molecular flexibility index (Phi) is 18.3. The molecule has 8 aliphatic carbocycles. The van der Waals surface area contributed by atoms with E-state index in [2.05, 4.69) is 139 Å². The third-order valence-electron chi connectivity index (χ3n) is 16.8. The van der Waals surface area contributed by atoms with E-state index in [0.29, 0.717) is 0 Å². The Hall–Kier alpha value is -2.43. The number of rotatable bonds is 6. The van der Waals surface area contributed by atoms with E-state index in [1.807, 2.05) is 0 Å². The molecule has 0 amide bonds. The summed E-state index contributed by atoms with van der Waals surface area (Å²) >= 11 is 1.36. The fourth-order valence-electron chi connectivity index (χ4n) is 14.9. The van der Waals surface area contributed by atoms with E-state index in [4.69, 9.17) is 0 Å². The standard InChI is InChI=1S/2C28H31.C3H4F3.CH3.2ClH.Si.Zr/c2*1-17-6-18(2)8-23(7-17)26-5-3-4-22-10-21(16-28(22)26)15-27-24-11-19-9-20(13-24)14-25(27)12-19;1-2-3(4,5)6;;;;;/h2*3-8,10,16,19-20,24-25,27H,9,11-15H2,1-2H3;1-2H2;1H3;2*1H;;/q4*-1;;;;. The third kappa shape index (κ3) is 12.2. The molecule has 2 radical (unpaired) electrons. The Labute approximate surface area is 430 Å². The number of hydrogen-bond donors (Lipinski definition) is 0. The zero-order valence-corrected chi connectivity index (χ0v) is 45.5. The molecule has 0 atom stereocenters. The summed E-state index contributed by atoms with van der Waals surface area (Å²) in [5.74, 6) is 10.3. The van der Waals surface area contributed by atoms with Crippen molar-refractivity contribution in [1.29, 1.82) is 0 Å². The normalized spacial score (nSPS) is 27.0. The van der Waals surface area contributed by atoms with E-state index in [1.165, 1.54) is 154 Å². The Balaban J connectivity index is 0.000000184. The second-order valence-electron chi connectivity index (χ2n) is 21.6. The van der Waals surface area contributed by atoms with Crippen molar-refractivity contribution in [3.63, 3.8) is 0 Å². The van der Waals surface area contributed by atoms with Gasteiger partial charge in [-0.1, -0.05) is 88.3 Å². The first-order chi connectivity index (χ1) is 30.8. The molecule has 0 nitrogen and oxygen atoms in total. The number of benzene rings is 4. The monoisotopic (exact) mass is 1040 g/mol. The van der Waals surface area contributed by atoms with Crippen LogP contribution in [0, 0.1) is 101 Å². The molecule has 0 spiro atoms. The predicted octanol–water partition coefficient (Wildman–Crippen LogP) is 17.6. The van der Waals surface area contributed by atoms with Gasteiger partial charge in [-0.2, -0.15) is 25.3 Å². The molecule has 6 aromatic carbocycles. The number of alkyl halides is 3. The third-order valence-corrected chi connectivity index (χ3v) is 16.8. The number of fused-ring (bicyclic) bond motifs is 2. The average molecular weight is 1040 g/mol. The number of halogens is 5. The predicted molar refractivity (Wildman–Crippen MR) is 280 cm³/mol. The average Bonchev–Trinajstić information content (AvgIpc) is 3.87. The molecule has 8 aliphatic rings. The van der Waals surface area contributed by atoms with Crippen LogP contribution in [0.3, 0.4) is 0 Å². The molecule has 8 bridgehead atoms. The van der Waals surface area contributed by atoms with Gasteiger partial charge < -0.3 is 14.4 Å². The van der Waals surface area contributed by atoms with Gasteiger partial charge in [0.15, 0.2) is 0 Å². The summed E-state index contributed by atoms with van der Waals surface area (Å²) in [6, 6.07) is 37.6. The van der Waals surface area contributed by atoms with Crippen molar-refractivity contribution < 1.29 is 36.5 Å². The summed E-state index contributed by atoms with van der Waals surface area (Å²) in [4.78, 5) is 0. The van der Waals surface area contributed by atoms with E-state index < -0.39 is 12.6 Å². The van der Waals surface area contributed by atoms with Crippen LogP contribution in [0.1, 0.15) is 104 Å². The first-order valence-corrected chi connectivity index (χ1v) is 28.6. The molecular formula is C60H71Cl2F3SiZr-4. The van der Waals surface area contributed by atoms with Crippen molar-refractivity contribution in [2.24, 2.45) is 59.2 Å². The molecule has 7 heteroatoms. The van der Waals surface area contributed by atoms with Crippen molar-refractivity contribution in [3.8, 4) is 22.3 Å². The Morgan fingerprint density at radius 3 is 1.10 bits per heavy atom. The minimum atomic E-state index is -4.07. The van der Waals surface area contributed by atoms with E-state index in [1.54, 1.807) is 24.0 Å². The molecule has 8 fully saturated rings. The molecule has 0 unspecified atom stereocenters. The van der Waals surface area contributed by atoms with Crippen molar-refractivity contribution in [1.82, 2.24) is 0 Å². The van der Waals surface area contributed by atoms with Crippen molar-refractivity contribution in [2.45, 2.75) is 117 Å². The summed E-state index contributed by atoms with van der Waals surface area (Å²) in [6.07, 6.45) is 13.0. The number of hydrogen-bond acceptors (Lipinski definition) is 0. The van der Waals surface area contributed by atoms with Gasteiger partial charge in [0.05, 0.1) is 0 Å². The van der Waals surface area contributed by atoms with Crippen LogP contribution in [0.15, 0.2) is 97.1 Å². The molecule has 0 heterocycles. The quantitative estimate of drug-likeness (QED) is 0.115. The fraction of sp³-hybridized carbons (Fsp3) is 0.467. The van der Waals surface area contributed by atoms with Gasteiger partial charge in [0.1, 0.15) is 0 Å². The van der Waals surface area contributed by atoms with E-state index in [0.717, 1.165) is 59.2 Å². The van der Waals surface area contributed by atoms with Crippen LogP contribution in [0.2, 0.25) is 0 Å². The first kappa shape index (κ1) is 53.9. The van der Waals surface area contributed by atoms with Gasteiger partial charge in [-0.3, -0.25) is 0 Å². The topological polar surface area (TPSA) is 0 Å². The van der Waals surface area contributed by atoms with E-state index in [-0.39, 0.29) is 32.2 Å². The summed E-state index contributed by atoms with van der Waals surface area (Å²) in [5, 5.41) is 5.75. The second-order valence-corrected chi connectivity index (χ2v) is 21.6. The minimum absolute atomic E-state index is 0. The molecule has 14 rings (SSSR count). The molecular weight excluding hydrogens is 968 g/mol. The molecule has 358 valence electrons. The van der Waals surface area contributed by atoms with Crippen LogP contribution in [-0.4, -0.2) is 13.1 Å². The zero-order valence-electron chi connectivity index (χ0n) is 40.4. The number of aryl methyl sites for hydroxylation is 4. The molecule has 0 saturated heterocycles. The summed E-state index contributed by atoms with van der Waals surface area (Å²) in [7, 11) is 0. The fourth-order valence-corrected chi connectivity index (χ4v) is 14.9. The van der Waals surface area contributed by atoms with Gasteiger partial charge in [-0.25, -0.2) is 0 Å². The Bertz CT molecular complexity index is 2320. The van der Waals surface area contributed by atoms with Crippen LogP contribution >= 0.6 is 24.8 Å². The van der Waals surface area contributed by atoms with Gasteiger partial charge >= 0.3 is 36.4 Å². The van der Waals surface area contributed by atoms with Gasteiger partial charge in [0, 0.05) is 0 Å². The molecule has 0 aromatic heterocycles. The second kappa shape index (κ2) is 22.8. The molecule has 67 heavy (non-hydrogen) atoms. The van der Waals surface area contributed by atoms with Crippen molar-refractivity contribution in [3.05, 3.63) is 145 Å². The maximum absolute atomic E-state index is 10.7. The van der Waals surface area contributed by atoms with Gasteiger partial charge in [-0.15, -0.1) is 93.9 Å².